The quantitative estimate of drug-likeness (QED) is 0.574. The Morgan fingerprint density at radius 3 is 2.88 bits per heavy atom. The first-order valence-corrected chi connectivity index (χ1v) is 6.99. The molecule has 0 fully saturated rings. The first-order chi connectivity index (χ1) is 11.6. The molecule has 120 valence electrons. The molecule has 3 rings (SSSR count). The number of aromatic nitrogens is 4. The number of amides is 1. The van der Waals surface area contributed by atoms with Crippen molar-refractivity contribution in [2.75, 3.05) is 5.32 Å². The van der Waals surface area contributed by atoms with Crippen molar-refractivity contribution in [2.24, 2.45) is 0 Å². The molecule has 0 aliphatic rings. The Morgan fingerprint density at radius 1 is 1.33 bits per heavy atom. The van der Waals surface area contributed by atoms with Crippen molar-refractivity contribution in [3.63, 3.8) is 0 Å². The molecule has 0 atom stereocenters. The molecule has 0 bridgehead atoms. The van der Waals surface area contributed by atoms with Crippen LogP contribution in [0.25, 0.3) is 5.82 Å². The monoisotopic (exact) mass is 344 g/mol. The number of rotatable bonds is 4. The number of carbonyl (C=O) groups excluding carboxylic acids is 1. The molecule has 9 nitrogen and oxygen atoms in total. The molecule has 2 heterocycles. The second-order valence-electron chi connectivity index (χ2n) is 4.59. The standard InChI is InChI=1S/C14H9ClN6O3/c15-11-4-3-9(21(23)24)6-10(11)14(22)19-12-2-1-5-17-13(12)20-8-16-7-18-20/h1-8H,(H,19,22). The van der Waals surface area contributed by atoms with Gasteiger partial charge in [0.2, 0.25) is 0 Å². The average Bonchev–Trinajstić information content (AvgIpc) is 3.09. The van der Waals surface area contributed by atoms with Gasteiger partial charge in [-0.15, -0.1) is 0 Å². The van der Waals surface area contributed by atoms with Crippen molar-refractivity contribution in [1.29, 1.82) is 0 Å². The predicted molar refractivity (Wildman–Crippen MR) is 85.2 cm³/mol. The van der Waals surface area contributed by atoms with E-state index < -0.39 is 10.8 Å². The first-order valence-electron chi connectivity index (χ1n) is 6.61. The van der Waals surface area contributed by atoms with E-state index in [2.05, 4.69) is 20.4 Å². The maximum atomic E-state index is 12.4. The summed E-state index contributed by atoms with van der Waals surface area (Å²) in [4.78, 5) is 30.7. The topological polar surface area (TPSA) is 116 Å². The average molecular weight is 345 g/mol. The zero-order valence-electron chi connectivity index (χ0n) is 12.0. The zero-order valence-corrected chi connectivity index (χ0v) is 12.7. The number of halogens is 1. The fourth-order valence-electron chi connectivity index (χ4n) is 1.99. The van der Waals surface area contributed by atoms with Crippen LogP contribution in [0.5, 0.6) is 0 Å². The number of anilines is 1. The van der Waals surface area contributed by atoms with Gasteiger partial charge in [-0.25, -0.2) is 14.6 Å². The second kappa shape index (κ2) is 6.42. The van der Waals surface area contributed by atoms with E-state index in [0.29, 0.717) is 11.5 Å². The van der Waals surface area contributed by atoms with Crippen LogP contribution < -0.4 is 5.32 Å². The van der Waals surface area contributed by atoms with Crippen molar-refractivity contribution in [1.82, 2.24) is 19.7 Å². The molecule has 0 saturated carbocycles. The predicted octanol–water partition coefficient (Wildman–Crippen LogP) is 2.48. The number of nitro groups is 1. The summed E-state index contributed by atoms with van der Waals surface area (Å²) in [5, 5.41) is 17.5. The molecule has 24 heavy (non-hydrogen) atoms. The highest BCUT2D eigenvalue weighted by Gasteiger charge is 2.17. The third kappa shape index (κ3) is 3.06. The number of hydrogen-bond donors (Lipinski definition) is 1. The summed E-state index contributed by atoms with van der Waals surface area (Å²) in [7, 11) is 0. The van der Waals surface area contributed by atoms with Gasteiger partial charge in [0.1, 0.15) is 12.7 Å². The number of nitrogens with zero attached hydrogens (tertiary/aromatic N) is 5. The number of benzene rings is 1. The maximum absolute atomic E-state index is 12.4. The van der Waals surface area contributed by atoms with Gasteiger partial charge in [-0.1, -0.05) is 11.6 Å². The molecular weight excluding hydrogens is 336 g/mol. The van der Waals surface area contributed by atoms with Crippen molar-refractivity contribution in [3.05, 3.63) is 69.9 Å². The normalized spacial score (nSPS) is 10.4. The third-order valence-electron chi connectivity index (χ3n) is 3.08. The maximum Gasteiger partial charge on any atom is 0.270 e. The summed E-state index contributed by atoms with van der Waals surface area (Å²) in [5.74, 6) is -0.247. The Morgan fingerprint density at radius 2 is 2.17 bits per heavy atom. The highest BCUT2D eigenvalue weighted by molar-refractivity contribution is 6.34. The minimum Gasteiger partial charge on any atom is -0.319 e. The van der Waals surface area contributed by atoms with E-state index in [1.165, 1.54) is 35.7 Å². The number of nitrogens with one attached hydrogen (secondary N) is 1. The number of carbonyl (C=O) groups is 1. The number of hydrogen-bond acceptors (Lipinski definition) is 6. The van der Waals surface area contributed by atoms with E-state index in [4.69, 9.17) is 11.6 Å². The van der Waals surface area contributed by atoms with Gasteiger partial charge in [-0.3, -0.25) is 14.9 Å². The molecule has 0 aliphatic carbocycles. The van der Waals surface area contributed by atoms with Gasteiger partial charge < -0.3 is 5.32 Å². The molecule has 0 spiro atoms. The molecular formula is C14H9ClN6O3. The fourth-order valence-corrected chi connectivity index (χ4v) is 2.19. The van der Waals surface area contributed by atoms with Crippen LogP contribution in [0, 0.1) is 10.1 Å². The van der Waals surface area contributed by atoms with E-state index in [0.717, 1.165) is 6.07 Å². The Bertz CT molecular complexity index is 913. The summed E-state index contributed by atoms with van der Waals surface area (Å²) in [5.41, 5.74) is 0.113. The van der Waals surface area contributed by atoms with Crippen molar-refractivity contribution in [3.8, 4) is 5.82 Å². The van der Waals surface area contributed by atoms with Crippen LogP contribution in [-0.2, 0) is 0 Å². The lowest BCUT2D eigenvalue weighted by molar-refractivity contribution is -0.384. The molecule has 3 aromatic rings. The van der Waals surface area contributed by atoms with Crippen LogP contribution in [0.2, 0.25) is 5.02 Å². The Balaban J connectivity index is 1.94. The molecule has 0 aliphatic heterocycles. The van der Waals surface area contributed by atoms with Gasteiger partial charge in [-0.2, -0.15) is 5.10 Å². The molecule has 10 heteroatoms. The van der Waals surface area contributed by atoms with E-state index in [1.54, 1.807) is 12.1 Å². The van der Waals surface area contributed by atoms with Crippen molar-refractivity contribution in [2.45, 2.75) is 0 Å². The van der Waals surface area contributed by atoms with Crippen LogP contribution in [0.1, 0.15) is 10.4 Å². The van der Waals surface area contributed by atoms with Crippen LogP contribution in [-0.4, -0.2) is 30.6 Å². The fraction of sp³-hybridized carbons (Fsp3) is 0. The SMILES string of the molecule is O=C(Nc1cccnc1-n1cncn1)c1cc([N+](=O)[O-])ccc1Cl. The smallest absolute Gasteiger partial charge is 0.270 e. The molecule has 2 aromatic heterocycles. The van der Waals surface area contributed by atoms with E-state index in [9.17, 15) is 14.9 Å². The number of pyridine rings is 1. The largest absolute Gasteiger partial charge is 0.319 e. The van der Waals surface area contributed by atoms with Gasteiger partial charge in [0.05, 0.1) is 21.2 Å². The molecule has 1 aromatic carbocycles. The van der Waals surface area contributed by atoms with Crippen LogP contribution in [0.4, 0.5) is 11.4 Å². The van der Waals surface area contributed by atoms with Crippen LogP contribution in [0.15, 0.2) is 49.2 Å². The summed E-state index contributed by atoms with van der Waals surface area (Å²) < 4.78 is 1.38. The van der Waals surface area contributed by atoms with Crippen LogP contribution in [0.3, 0.4) is 0 Å². The Kier molecular flexibility index (Phi) is 4.17. The van der Waals surface area contributed by atoms with E-state index in [1.807, 2.05) is 0 Å². The minimum absolute atomic E-state index is 0.0146. The lowest BCUT2D eigenvalue weighted by atomic mass is 10.2. The van der Waals surface area contributed by atoms with Gasteiger partial charge in [-0.05, 0) is 18.2 Å². The highest BCUT2D eigenvalue weighted by atomic mass is 35.5. The van der Waals surface area contributed by atoms with Crippen LogP contribution >= 0.6 is 11.6 Å². The van der Waals surface area contributed by atoms with Gasteiger partial charge in [0, 0.05) is 18.3 Å². The number of non-ortho nitro benzene ring substituents is 1. The lowest BCUT2D eigenvalue weighted by Crippen LogP contribution is -2.15. The Labute approximate surface area is 140 Å². The van der Waals surface area contributed by atoms with Crippen molar-refractivity contribution < 1.29 is 9.72 Å². The molecule has 1 N–H and O–H groups in total. The minimum atomic E-state index is -0.599. The zero-order chi connectivity index (χ0) is 17.1. The summed E-state index contributed by atoms with van der Waals surface area (Å²) >= 11 is 5.97. The molecule has 0 saturated heterocycles. The molecule has 1 amide bonds. The summed E-state index contributed by atoms with van der Waals surface area (Å²) in [6.45, 7) is 0. The summed E-state index contributed by atoms with van der Waals surface area (Å²) in [6.07, 6.45) is 4.29. The molecule has 0 radical (unpaired) electrons. The van der Waals surface area contributed by atoms with Gasteiger partial charge in [0.25, 0.3) is 11.6 Å². The second-order valence-corrected chi connectivity index (χ2v) is 5.00. The summed E-state index contributed by atoms with van der Waals surface area (Å²) in [6, 6.07) is 6.89. The first kappa shape index (κ1) is 15.6. The van der Waals surface area contributed by atoms with E-state index in [-0.39, 0.29) is 16.3 Å². The number of nitro benzene ring substituents is 1. The highest BCUT2D eigenvalue weighted by Crippen LogP contribution is 2.24. The Hall–Kier alpha value is -3.33. The van der Waals surface area contributed by atoms with Crippen molar-refractivity contribution >= 4 is 28.9 Å². The lowest BCUT2D eigenvalue weighted by Gasteiger charge is -2.10. The third-order valence-corrected chi connectivity index (χ3v) is 3.41. The van der Waals surface area contributed by atoms with Gasteiger partial charge in [0.15, 0.2) is 5.82 Å². The van der Waals surface area contributed by atoms with E-state index >= 15 is 0 Å². The van der Waals surface area contributed by atoms with Gasteiger partial charge >= 0.3 is 0 Å². The molecule has 0 unspecified atom stereocenters.